The maximum atomic E-state index is 13.5. The Bertz CT molecular complexity index is 1390. The van der Waals surface area contributed by atoms with E-state index in [1.807, 2.05) is 13.8 Å². The van der Waals surface area contributed by atoms with E-state index in [4.69, 9.17) is 19.3 Å². The Balaban J connectivity index is 1.34. The lowest BCUT2D eigenvalue weighted by Gasteiger charge is -2.67. The third-order valence-electron chi connectivity index (χ3n) is 11.6. The normalized spacial score (nSPS) is 40.9. The molecule has 3 N–H and O–H groups in total. The number of aromatic nitrogens is 1. The zero-order chi connectivity index (χ0) is 28.1. The number of carbonyl (C=O) groups excluding carboxylic acids is 1. The second-order valence-electron chi connectivity index (χ2n) is 13.9. The van der Waals surface area contributed by atoms with Gasteiger partial charge in [0.15, 0.2) is 17.7 Å². The van der Waals surface area contributed by atoms with Crippen LogP contribution < -0.4 is 0 Å². The number of H-pyrrole nitrogens is 1. The molecular weight excluding hydrogens is 506 g/mol. The molecule has 40 heavy (non-hydrogen) atoms. The molecule has 1 spiro atoms. The van der Waals surface area contributed by atoms with Crippen LogP contribution in [0.2, 0.25) is 0 Å². The van der Waals surface area contributed by atoms with Crippen molar-refractivity contribution in [2.45, 2.75) is 114 Å². The van der Waals surface area contributed by atoms with Crippen LogP contribution in [0.25, 0.3) is 10.9 Å². The van der Waals surface area contributed by atoms with Crippen molar-refractivity contribution in [1.29, 1.82) is 0 Å². The minimum Gasteiger partial charge on any atom is -0.396 e. The molecule has 3 fully saturated rings. The first-order valence-corrected chi connectivity index (χ1v) is 15.2. The molecule has 2 aromatic rings. The number of ketones is 1. The fourth-order valence-corrected chi connectivity index (χ4v) is 9.38. The van der Waals surface area contributed by atoms with E-state index in [-0.39, 0.29) is 23.7 Å². The van der Waals surface area contributed by atoms with Gasteiger partial charge in [0.05, 0.1) is 6.10 Å². The molecule has 7 atom stereocenters. The number of hydrogen-bond donors (Lipinski definition) is 3. The molecule has 2 bridgehead atoms. The first-order valence-electron chi connectivity index (χ1n) is 15.2. The predicted molar refractivity (Wildman–Crippen MR) is 151 cm³/mol. The summed E-state index contributed by atoms with van der Waals surface area (Å²) in [7, 11) is 0. The van der Waals surface area contributed by atoms with Crippen molar-refractivity contribution in [1.82, 2.24) is 4.98 Å². The van der Waals surface area contributed by atoms with Crippen LogP contribution in [0.3, 0.4) is 0 Å². The van der Waals surface area contributed by atoms with Crippen molar-refractivity contribution >= 4 is 16.7 Å². The van der Waals surface area contributed by atoms with Gasteiger partial charge in [0.2, 0.25) is 0 Å². The highest BCUT2D eigenvalue weighted by atomic mass is 16.8. The van der Waals surface area contributed by atoms with Crippen molar-refractivity contribution in [2.75, 3.05) is 13.2 Å². The molecule has 1 aromatic heterocycles. The van der Waals surface area contributed by atoms with Gasteiger partial charge in [0.1, 0.15) is 11.2 Å². The molecule has 3 aliphatic carbocycles. The summed E-state index contributed by atoms with van der Waals surface area (Å²) < 4.78 is 19.8. The Kier molecular flexibility index (Phi) is 5.87. The topological polar surface area (TPSA) is 101 Å². The Morgan fingerprint density at radius 2 is 1.85 bits per heavy atom. The minimum atomic E-state index is -1.46. The average Bonchev–Trinajstić information content (AvgIpc) is 3.50. The van der Waals surface area contributed by atoms with Crippen molar-refractivity contribution in [2.24, 2.45) is 11.3 Å². The number of nitrogens with one attached hydrogen (secondary N) is 1. The molecule has 1 saturated heterocycles. The van der Waals surface area contributed by atoms with Gasteiger partial charge >= 0.3 is 0 Å². The molecule has 216 valence electrons. The van der Waals surface area contributed by atoms with Crippen LogP contribution in [0.1, 0.15) is 83.9 Å². The monoisotopic (exact) mass is 549 g/mol. The number of rotatable bonds is 7. The first kappa shape index (κ1) is 26.8. The van der Waals surface area contributed by atoms with E-state index in [0.29, 0.717) is 31.4 Å². The Morgan fingerprint density at radius 3 is 2.65 bits per heavy atom. The van der Waals surface area contributed by atoms with Crippen LogP contribution in [0.15, 0.2) is 35.9 Å². The van der Waals surface area contributed by atoms with Gasteiger partial charge in [-0.1, -0.05) is 44.9 Å². The van der Waals surface area contributed by atoms with Gasteiger partial charge in [-0.05, 0) is 69.6 Å². The number of aliphatic hydroxyl groups is 2. The highest BCUT2D eigenvalue weighted by Gasteiger charge is 2.78. The zero-order valence-electron chi connectivity index (χ0n) is 24.2. The lowest BCUT2D eigenvalue weighted by Crippen LogP contribution is -2.74. The first-order chi connectivity index (χ1) is 19.0. The summed E-state index contributed by atoms with van der Waals surface area (Å²) in [6.45, 7) is 9.08. The number of hydrogen-bond acceptors (Lipinski definition) is 6. The Morgan fingerprint density at radius 1 is 1.07 bits per heavy atom. The van der Waals surface area contributed by atoms with Crippen molar-refractivity contribution in [3.63, 3.8) is 0 Å². The maximum Gasteiger partial charge on any atom is 0.195 e. The quantitative estimate of drug-likeness (QED) is 0.426. The number of unbranched alkanes of at least 4 members (excludes halogenated alkanes) is 3. The fourth-order valence-electron chi connectivity index (χ4n) is 9.38. The molecule has 1 unspecified atom stereocenters. The van der Waals surface area contributed by atoms with E-state index in [1.165, 1.54) is 16.6 Å². The summed E-state index contributed by atoms with van der Waals surface area (Å²) in [5.74, 6) is -0.977. The van der Waals surface area contributed by atoms with Gasteiger partial charge in [-0.3, -0.25) is 4.79 Å². The highest BCUT2D eigenvalue weighted by Crippen LogP contribution is 2.72. The number of para-hydroxylation sites is 1. The SMILES string of the molecule is CC1(C)OC23CC[C@]4(C)[C@@]5(C)c6[nH]c7ccccc7c6C[C@@H]5C[C@H](OCCCCCCO)[C@@]4(O)C2=CC(=O)[C@@H]1O3. The van der Waals surface area contributed by atoms with E-state index >= 15 is 0 Å². The van der Waals surface area contributed by atoms with Gasteiger partial charge in [-0.2, -0.15) is 0 Å². The second kappa shape index (κ2) is 8.74. The summed E-state index contributed by atoms with van der Waals surface area (Å²) >= 11 is 0. The van der Waals surface area contributed by atoms with E-state index in [2.05, 4.69) is 43.1 Å². The van der Waals surface area contributed by atoms with Crippen LogP contribution >= 0.6 is 0 Å². The summed E-state index contributed by atoms with van der Waals surface area (Å²) in [4.78, 5) is 17.3. The number of benzene rings is 1. The molecule has 0 radical (unpaired) electrons. The number of carbonyl (C=O) groups is 1. The Labute approximate surface area is 236 Å². The summed E-state index contributed by atoms with van der Waals surface area (Å²) in [6, 6.07) is 8.48. The summed E-state index contributed by atoms with van der Waals surface area (Å²) in [5.41, 5.74) is 1.01. The lowest BCUT2D eigenvalue weighted by atomic mass is 9.41. The molecule has 7 nitrogen and oxygen atoms in total. The summed E-state index contributed by atoms with van der Waals surface area (Å²) in [6.07, 6.45) is 6.94. The standard InChI is InChI=1S/C33H43NO6/c1-29(2)28-24(36)19-25-32(39-28,40-29)14-13-30(3)31(4)20(17-22-21-11-7-8-12-23(21)34-27(22)31)18-26(33(25,30)37)38-16-10-6-5-9-15-35/h7-8,11-12,19-20,26,28,34-35,37H,5-6,9-10,13-18H2,1-4H3/t20-,26+,28+,30-,31-,32?,33+/m1/s1. The van der Waals surface area contributed by atoms with Crippen molar-refractivity contribution in [3.05, 3.63) is 47.2 Å². The molecule has 2 saturated carbocycles. The van der Waals surface area contributed by atoms with Crippen molar-refractivity contribution in [3.8, 4) is 0 Å². The highest BCUT2D eigenvalue weighted by molar-refractivity contribution is 5.97. The van der Waals surface area contributed by atoms with Crippen LogP contribution in [-0.2, 0) is 30.8 Å². The molecule has 5 aliphatic rings. The fraction of sp³-hybridized carbons (Fsp3) is 0.667. The minimum absolute atomic E-state index is 0.140. The van der Waals surface area contributed by atoms with Crippen LogP contribution in [-0.4, -0.2) is 63.4 Å². The van der Waals surface area contributed by atoms with Gasteiger partial charge in [0, 0.05) is 52.6 Å². The molecule has 2 aliphatic heterocycles. The number of aliphatic hydroxyl groups excluding tert-OH is 1. The molecular formula is C33H43NO6. The smallest absolute Gasteiger partial charge is 0.195 e. The van der Waals surface area contributed by atoms with Crippen LogP contribution in [0, 0.1) is 11.3 Å². The van der Waals surface area contributed by atoms with Gasteiger partial charge < -0.3 is 29.4 Å². The molecule has 7 rings (SSSR count). The zero-order valence-corrected chi connectivity index (χ0v) is 24.2. The lowest BCUT2D eigenvalue weighted by molar-refractivity contribution is -0.280. The molecule has 3 heterocycles. The van der Waals surface area contributed by atoms with Gasteiger partial charge in [-0.15, -0.1) is 0 Å². The largest absolute Gasteiger partial charge is 0.396 e. The van der Waals surface area contributed by atoms with Gasteiger partial charge in [0.25, 0.3) is 0 Å². The average molecular weight is 550 g/mol. The third kappa shape index (κ3) is 3.22. The van der Waals surface area contributed by atoms with E-state index in [9.17, 15) is 9.90 Å². The van der Waals surface area contributed by atoms with E-state index in [1.54, 1.807) is 6.08 Å². The third-order valence-corrected chi connectivity index (χ3v) is 11.6. The van der Waals surface area contributed by atoms with E-state index < -0.39 is 34.6 Å². The van der Waals surface area contributed by atoms with Crippen LogP contribution in [0.5, 0.6) is 0 Å². The summed E-state index contributed by atoms with van der Waals surface area (Å²) in [5, 5.41) is 23.7. The maximum absolute atomic E-state index is 13.5. The number of ether oxygens (including phenoxy) is 3. The second-order valence-corrected chi connectivity index (χ2v) is 13.9. The Hall–Kier alpha value is -2.03. The molecule has 7 heteroatoms. The predicted octanol–water partition coefficient (Wildman–Crippen LogP) is 4.87. The van der Waals surface area contributed by atoms with Crippen LogP contribution in [0.4, 0.5) is 0 Å². The molecule has 0 amide bonds. The van der Waals surface area contributed by atoms with Gasteiger partial charge in [-0.25, -0.2) is 0 Å². The number of aromatic amines is 1. The number of fused-ring (bicyclic) bond motifs is 9. The van der Waals surface area contributed by atoms with E-state index in [0.717, 1.165) is 37.6 Å². The van der Waals surface area contributed by atoms with Crippen molar-refractivity contribution < 1.29 is 29.2 Å². The molecule has 1 aromatic carbocycles.